The lowest BCUT2D eigenvalue weighted by Crippen LogP contribution is -2.03. The minimum atomic E-state index is 0.733. The molecule has 1 N–H and O–H groups in total. The average molecular weight is 293 g/mol. The smallest absolute Gasteiger partial charge is 0.0593 e. The Morgan fingerprint density at radius 1 is 1.40 bits per heavy atom. The molecule has 0 amide bonds. The van der Waals surface area contributed by atoms with Crippen molar-refractivity contribution in [3.63, 3.8) is 0 Å². The van der Waals surface area contributed by atoms with E-state index < -0.39 is 0 Å². The molecule has 0 bridgehead atoms. The average Bonchev–Trinajstić information content (AvgIpc) is 2.24. The maximum atomic E-state index is 5.97. The summed E-state index contributed by atoms with van der Waals surface area (Å²) in [7, 11) is 1.72. The Morgan fingerprint density at radius 3 is 2.93 bits per heavy atom. The van der Waals surface area contributed by atoms with E-state index in [1.807, 2.05) is 18.2 Å². The van der Waals surface area contributed by atoms with E-state index in [-0.39, 0.29) is 0 Å². The van der Waals surface area contributed by atoms with Crippen LogP contribution in [0, 0.1) is 0 Å². The molecule has 15 heavy (non-hydrogen) atoms. The number of ether oxygens (including phenoxy) is 1. The van der Waals surface area contributed by atoms with Crippen molar-refractivity contribution in [2.75, 3.05) is 25.6 Å². The Kier molecular flexibility index (Phi) is 6.06. The van der Waals surface area contributed by atoms with Crippen molar-refractivity contribution < 1.29 is 4.74 Å². The topological polar surface area (TPSA) is 21.3 Å². The van der Waals surface area contributed by atoms with Gasteiger partial charge >= 0.3 is 0 Å². The standard InChI is InChI=1S/C11H15BrClNO/c1-15-8-3-2-7-14-10-6-4-5-9(13)11(10)12/h4-6,14H,2-3,7-8H2,1H3. The van der Waals surface area contributed by atoms with E-state index in [9.17, 15) is 0 Å². The van der Waals surface area contributed by atoms with Gasteiger partial charge in [-0.05, 0) is 40.9 Å². The van der Waals surface area contributed by atoms with Gasteiger partial charge in [0.1, 0.15) is 0 Å². The van der Waals surface area contributed by atoms with Crippen molar-refractivity contribution in [2.45, 2.75) is 12.8 Å². The van der Waals surface area contributed by atoms with Gasteiger partial charge in [0.15, 0.2) is 0 Å². The van der Waals surface area contributed by atoms with E-state index in [0.29, 0.717) is 0 Å². The largest absolute Gasteiger partial charge is 0.385 e. The molecule has 1 aromatic carbocycles. The lowest BCUT2D eigenvalue weighted by molar-refractivity contribution is 0.194. The molecule has 4 heteroatoms. The zero-order chi connectivity index (χ0) is 11.1. The molecule has 0 fully saturated rings. The van der Waals surface area contributed by atoms with E-state index in [1.54, 1.807) is 7.11 Å². The monoisotopic (exact) mass is 291 g/mol. The van der Waals surface area contributed by atoms with Crippen LogP contribution in [-0.2, 0) is 4.74 Å². The fourth-order valence-electron chi connectivity index (χ4n) is 1.23. The van der Waals surface area contributed by atoms with Crippen LogP contribution in [0.2, 0.25) is 5.02 Å². The molecule has 0 spiro atoms. The van der Waals surface area contributed by atoms with Crippen LogP contribution >= 0.6 is 27.5 Å². The number of rotatable bonds is 6. The van der Waals surface area contributed by atoms with Gasteiger partial charge in [0, 0.05) is 25.9 Å². The SMILES string of the molecule is COCCCCNc1cccc(Cl)c1Br. The number of methoxy groups -OCH3 is 1. The number of hydrogen-bond donors (Lipinski definition) is 1. The van der Waals surface area contributed by atoms with E-state index >= 15 is 0 Å². The summed E-state index contributed by atoms with van der Waals surface area (Å²) in [5.74, 6) is 0. The normalized spacial score (nSPS) is 10.3. The molecular formula is C11H15BrClNO. The molecule has 0 unspecified atom stereocenters. The lowest BCUT2D eigenvalue weighted by atomic mass is 10.3. The fourth-order valence-corrected chi connectivity index (χ4v) is 1.81. The number of benzene rings is 1. The first-order valence-corrected chi connectivity index (χ1v) is 6.09. The summed E-state index contributed by atoms with van der Waals surface area (Å²) >= 11 is 9.41. The van der Waals surface area contributed by atoms with Gasteiger partial charge in [-0.3, -0.25) is 0 Å². The first kappa shape index (κ1) is 12.8. The highest BCUT2D eigenvalue weighted by Gasteiger charge is 2.01. The molecule has 0 saturated carbocycles. The van der Waals surface area contributed by atoms with Crippen molar-refractivity contribution in [3.8, 4) is 0 Å². The van der Waals surface area contributed by atoms with Crippen LogP contribution in [0.1, 0.15) is 12.8 Å². The fraction of sp³-hybridized carbons (Fsp3) is 0.455. The molecule has 2 nitrogen and oxygen atoms in total. The molecule has 1 aromatic rings. The van der Waals surface area contributed by atoms with Crippen LogP contribution in [0.25, 0.3) is 0 Å². The first-order chi connectivity index (χ1) is 7.25. The zero-order valence-electron chi connectivity index (χ0n) is 8.72. The lowest BCUT2D eigenvalue weighted by Gasteiger charge is -2.09. The minimum Gasteiger partial charge on any atom is -0.385 e. The highest BCUT2D eigenvalue weighted by Crippen LogP contribution is 2.29. The molecule has 0 radical (unpaired) electrons. The third-order valence-corrected chi connectivity index (χ3v) is 3.44. The van der Waals surface area contributed by atoms with Crippen LogP contribution in [0.3, 0.4) is 0 Å². The van der Waals surface area contributed by atoms with Gasteiger partial charge in [0.05, 0.1) is 9.50 Å². The number of hydrogen-bond acceptors (Lipinski definition) is 2. The van der Waals surface area contributed by atoms with Crippen LogP contribution in [0.15, 0.2) is 22.7 Å². The van der Waals surface area contributed by atoms with Crippen molar-refractivity contribution >= 4 is 33.2 Å². The van der Waals surface area contributed by atoms with E-state index in [2.05, 4.69) is 21.2 Å². The molecular weight excluding hydrogens is 277 g/mol. The third kappa shape index (κ3) is 4.41. The Bertz CT molecular complexity index is 307. The number of halogens is 2. The van der Waals surface area contributed by atoms with Crippen LogP contribution in [0.5, 0.6) is 0 Å². The number of unbranched alkanes of at least 4 members (excludes halogenated alkanes) is 1. The van der Waals surface area contributed by atoms with Gasteiger partial charge in [0.2, 0.25) is 0 Å². The van der Waals surface area contributed by atoms with Gasteiger partial charge in [-0.15, -0.1) is 0 Å². The van der Waals surface area contributed by atoms with Crippen LogP contribution in [0.4, 0.5) is 5.69 Å². The highest BCUT2D eigenvalue weighted by molar-refractivity contribution is 9.10. The third-order valence-electron chi connectivity index (χ3n) is 2.04. The summed E-state index contributed by atoms with van der Waals surface area (Å²) in [5.41, 5.74) is 1.04. The number of nitrogens with one attached hydrogen (secondary N) is 1. The second-order valence-corrected chi connectivity index (χ2v) is 4.43. The maximum Gasteiger partial charge on any atom is 0.0593 e. The molecule has 0 aliphatic rings. The van der Waals surface area contributed by atoms with Crippen molar-refractivity contribution in [2.24, 2.45) is 0 Å². The summed E-state index contributed by atoms with van der Waals surface area (Å²) in [4.78, 5) is 0. The predicted octanol–water partition coefficient (Wildman–Crippen LogP) is 3.94. The molecule has 0 heterocycles. The van der Waals surface area contributed by atoms with Crippen molar-refractivity contribution in [1.29, 1.82) is 0 Å². The minimum absolute atomic E-state index is 0.733. The van der Waals surface area contributed by atoms with Crippen LogP contribution < -0.4 is 5.32 Å². The van der Waals surface area contributed by atoms with Crippen molar-refractivity contribution in [1.82, 2.24) is 0 Å². The number of anilines is 1. The van der Waals surface area contributed by atoms with E-state index in [4.69, 9.17) is 16.3 Å². The Morgan fingerprint density at radius 2 is 2.20 bits per heavy atom. The molecule has 0 atom stereocenters. The molecule has 0 aromatic heterocycles. The zero-order valence-corrected chi connectivity index (χ0v) is 11.1. The summed E-state index contributed by atoms with van der Waals surface area (Å²) in [6, 6.07) is 5.80. The van der Waals surface area contributed by atoms with E-state index in [1.165, 1.54) is 0 Å². The summed E-state index contributed by atoms with van der Waals surface area (Å²) in [6.07, 6.45) is 2.16. The van der Waals surface area contributed by atoms with Gasteiger partial charge in [-0.1, -0.05) is 17.7 Å². The molecule has 1 rings (SSSR count). The second kappa shape index (κ2) is 7.09. The van der Waals surface area contributed by atoms with Gasteiger partial charge in [0.25, 0.3) is 0 Å². The van der Waals surface area contributed by atoms with Gasteiger partial charge < -0.3 is 10.1 Å². The molecule has 0 aliphatic heterocycles. The summed E-state index contributed by atoms with van der Waals surface area (Å²) in [6.45, 7) is 1.75. The van der Waals surface area contributed by atoms with Gasteiger partial charge in [-0.25, -0.2) is 0 Å². The van der Waals surface area contributed by atoms with Crippen LogP contribution in [-0.4, -0.2) is 20.3 Å². The van der Waals surface area contributed by atoms with Crippen molar-refractivity contribution in [3.05, 3.63) is 27.7 Å². The summed E-state index contributed by atoms with van der Waals surface area (Å²) < 4.78 is 5.91. The highest BCUT2D eigenvalue weighted by atomic mass is 79.9. The Balaban J connectivity index is 2.34. The molecule has 84 valence electrons. The Labute approximate surface area is 104 Å². The summed E-state index contributed by atoms with van der Waals surface area (Å²) in [5, 5.41) is 4.06. The molecule has 0 aliphatic carbocycles. The first-order valence-electron chi connectivity index (χ1n) is 4.92. The quantitative estimate of drug-likeness (QED) is 0.802. The maximum absolute atomic E-state index is 5.97. The Hall–Kier alpha value is -0.250. The molecule has 0 saturated heterocycles. The van der Waals surface area contributed by atoms with E-state index in [0.717, 1.165) is 41.2 Å². The van der Waals surface area contributed by atoms with Gasteiger partial charge in [-0.2, -0.15) is 0 Å². The second-order valence-electron chi connectivity index (χ2n) is 3.23. The predicted molar refractivity (Wildman–Crippen MR) is 68.8 cm³/mol.